The topological polar surface area (TPSA) is 0 Å². The summed E-state index contributed by atoms with van der Waals surface area (Å²) in [7, 11) is 0. The van der Waals surface area contributed by atoms with E-state index >= 15 is 0 Å². The molecule has 0 nitrogen and oxygen atoms in total. The number of alkyl halides is 12. The molecule has 1 aromatic rings. The predicted molar refractivity (Wildman–Crippen MR) is 78.9 cm³/mol. The Bertz CT molecular complexity index is 676. The zero-order valence-corrected chi connectivity index (χ0v) is 15.2. The molecular formula is C13H6Cl4F9. The Labute approximate surface area is 161 Å². The van der Waals surface area contributed by atoms with Crippen LogP contribution in [-0.2, 0) is 12.1 Å². The van der Waals surface area contributed by atoms with Crippen molar-refractivity contribution in [2.75, 3.05) is 0 Å². The summed E-state index contributed by atoms with van der Waals surface area (Å²) in [6, 6.07) is 2.25. The number of hydrogen-bond acceptors (Lipinski definition) is 0. The zero-order valence-electron chi connectivity index (χ0n) is 12.2. The molecule has 0 aromatic heterocycles. The van der Waals surface area contributed by atoms with Crippen LogP contribution in [0.4, 0.5) is 39.5 Å². The van der Waals surface area contributed by atoms with Crippen LogP contribution in [0, 0.1) is 13.0 Å². The van der Waals surface area contributed by atoms with Crippen molar-refractivity contribution in [2.24, 2.45) is 0 Å². The van der Waals surface area contributed by atoms with Crippen molar-refractivity contribution in [1.82, 2.24) is 0 Å². The Morgan fingerprint density at radius 3 is 1.69 bits per heavy atom. The molecule has 0 aliphatic carbocycles. The van der Waals surface area contributed by atoms with Crippen molar-refractivity contribution in [3.05, 3.63) is 33.8 Å². The van der Waals surface area contributed by atoms with Gasteiger partial charge in [-0.25, -0.2) is 4.39 Å². The lowest BCUT2D eigenvalue weighted by atomic mass is 9.83. The van der Waals surface area contributed by atoms with E-state index in [4.69, 9.17) is 46.4 Å². The normalized spacial score (nSPS) is 16.5. The third-order valence-electron chi connectivity index (χ3n) is 3.19. The number of hydrogen-bond donors (Lipinski definition) is 0. The molecule has 1 aromatic carbocycles. The van der Waals surface area contributed by atoms with Crippen molar-refractivity contribution < 1.29 is 39.5 Å². The van der Waals surface area contributed by atoms with Gasteiger partial charge < -0.3 is 0 Å². The molecule has 13 heteroatoms. The van der Waals surface area contributed by atoms with Crippen LogP contribution in [0.1, 0.15) is 16.7 Å². The first-order valence-corrected chi connectivity index (χ1v) is 7.75. The molecule has 0 saturated carbocycles. The Morgan fingerprint density at radius 2 is 1.35 bits per heavy atom. The van der Waals surface area contributed by atoms with Gasteiger partial charge in [-0.1, -0.05) is 52.5 Å². The molecule has 0 heterocycles. The van der Waals surface area contributed by atoms with Crippen LogP contribution in [0.15, 0.2) is 6.07 Å². The lowest BCUT2D eigenvalue weighted by molar-refractivity contribution is -0.389. The lowest BCUT2D eigenvalue weighted by Gasteiger charge is -2.37. The second-order valence-corrected chi connectivity index (χ2v) is 8.07. The molecule has 0 amide bonds. The van der Waals surface area contributed by atoms with Crippen molar-refractivity contribution in [1.29, 1.82) is 0 Å². The molecule has 1 rings (SSSR count). The van der Waals surface area contributed by atoms with Crippen molar-refractivity contribution in [3.8, 4) is 0 Å². The van der Waals surface area contributed by atoms with Crippen LogP contribution < -0.4 is 0 Å². The summed E-state index contributed by atoms with van der Waals surface area (Å²) >= 11 is 21.7. The van der Waals surface area contributed by atoms with E-state index in [9.17, 15) is 39.5 Å². The van der Waals surface area contributed by atoms with Gasteiger partial charge in [-0.3, -0.25) is 0 Å². The molecule has 0 N–H and O–H groups in total. The smallest absolute Gasteiger partial charge is 0.221 e. The van der Waals surface area contributed by atoms with Gasteiger partial charge in [0.25, 0.3) is 0 Å². The zero-order chi connectivity index (χ0) is 20.9. The van der Waals surface area contributed by atoms with Crippen LogP contribution >= 0.6 is 46.4 Å². The summed E-state index contributed by atoms with van der Waals surface area (Å²) in [6.45, 7) is 0.955. The predicted octanol–water partition coefficient (Wildman–Crippen LogP) is 7.29. The second kappa shape index (κ2) is 6.97. The molecule has 0 aliphatic rings. The van der Waals surface area contributed by atoms with Gasteiger partial charge in [0.1, 0.15) is 0 Å². The van der Waals surface area contributed by atoms with Crippen molar-refractivity contribution in [3.63, 3.8) is 0 Å². The molecule has 26 heavy (non-hydrogen) atoms. The van der Waals surface area contributed by atoms with E-state index in [-0.39, 0.29) is 6.07 Å². The Hall–Kier alpha value is -0.250. The first-order chi connectivity index (χ1) is 11.3. The Morgan fingerprint density at radius 1 is 0.885 bits per heavy atom. The average molecular weight is 475 g/mol. The van der Waals surface area contributed by atoms with E-state index in [2.05, 4.69) is 6.07 Å². The van der Waals surface area contributed by atoms with Gasteiger partial charge in [0, 0.05) is 18.1 Å². The molecule has 149 valence electrons. The first-order valence-electron chi connectivity index (χ1n) is 6.24. The number of rotatable bonds is 3. The van der Waals surface area contributed by atoms with Crippen LogP contribution in [0.3, 0.4) is 0 Å². The summed E-state index contributed by atoms with van der Waals surface area (Å²) in [5, 5.41) is -0.893. The maximum atomic E-state index is 14.7. The monoisotopic (exact) mass is 473 g/mol. The number of benzene rings is 1. The lowest BCUT2D eigenvalue weighted by Crippen LogP contribution is -2.60. The minimum absolute atomic E-state index is 0.102. The quantitative estimate of drug-likeness (QED) is 0.319. The van der Waals surface area contributed by atoms with Crippen molar-refractivity contribution >= 4 is 46.4 Å². The molecule has 1 atom stereocenters. The van der Waals surface area contributed by atoms with Gasteiger partial charge in [-0.05, 0) is 18.1 Å². The molecule has 1 unspecified atom stereocenters. The SMILES string of the molecule is Cc1[c]c(Cl)c(CC(Cl)(Cl)Cl)c(C(F)(C(F)(F)F)C(F)(F)C(F)(F)F)c1. The van der Waals surface area contributed by atoms with E-state index in [1.807, 2.05) is 0 Å². The number of halogens is 13. The van der Waals surface area contributed by atoms with E-state index in [1.165, 1.54) is 0 Å². The highest BCUT2D eigenvalue weighted by atomic mass is 35.6. The van der Waals surface area contributed by atoms with Crippen LogP contribution in [0.5, 0.6) is 0 Å². The third kappa shape index (κ3) is 4.25. The van der Waals surface area contributed by atoms with Crippen molar-refractivity contribution in [2.45, 2.75) is 41.1 Å². The number of aryl methyl sites for hydroxylation is 1. The minimum Gasteiger partial charge on any atom is -0.221 e. The maximum Gasteiger partial charge on any atom is 0.457 e. The Balaban J connectivity index is 3.97. The summed E-state index contributed by atoms with van der Waals surface area (Å²) < 4.78 is 117. The third-order valence-corrected chi connectivity index (χ3v) is 3.91. The summed E-state index contributed by atoms with van der Waals surface area (Å²) in [5.41, 5.74) is -9.93. The van der Waals surface area contributed by atoms with Gasteiger partial charge in [-0.2, -0.15) is 35.1 Å². The molecule has 0 aliphatic heterocycles. The van der Waals surface area contributed by atoms with Gasteiger partial charge in [0.2, 0.25) is 0 Å². The average Bonchev–Trinajstić information content (AvgIpc) is 2.36. The summed E-state index contributed by atoms with van der Waals surface area (Å²) in [6.07, 6.45) is -14.8. The molecule has 0 bridgehead atoms. The fourth-order valence-electron chi connectivity index (χ4n) is 2.08. The molecule has 0 saturated heterocycles. The molecule has 0 fully saturated rings. The fourth-order valence-corrected chi connectivity index (χ4v) is 2.80. The molecule has 0 spiro atoms. The standard InChI is InChI=1S/C13H6Cl4F9/c1-5-2-7(6(8(14)3-5)4-9(15,16)17)10(18,12(21,22)23)11(19,20)13(24,25)26/h2H,4H2,1H3. The summed E-state index contributed by atoms with van der Waals surface area (Å²) in [5.74, 6) is -6.86. The molecule has 1 radical (unpaired) electrons. The fraction of sp³-hybridized carbons (Fsp3) is 0.538. The van der Waals surface area contributed by atoms with Gasteiger partial charge in [-0.15, -0.1) is 0 Å². The second-order valence-electron chi connectivity index (χ2n) is 5.18. The highest BCUT2D eigenvalue weighted by Gasteiger charge is 2.82. The van der Waals surface area contributed by atoms with Crippen LogP contribution in [0.2, 0.25) is 5.02 Å². The van der Waals surface area contributed by atoms with E-state index in [0.29, 0.717) is 0 Å². The first kappa shape index (κ1) is 23.8. The van der Waals surface area contributed by atoms with E-state index < -0.39 is 55.9 Å². The minimum atomic E-state index is -6.88. The summed E-state index contributed by atoms with van der Waals surface area (Å²) in [4.78, 5) is 0. The Kier molecular flexibility index (Phi) is 6.38. The largest absolute Gasteiger partial charge is 0.457 e. The van der Waals surface area contributed by atoms with Gasteiger partial charge in [0.15, 0.2) is 3.79 Å². The van der Waals surface area contributed by atoms with E-state index in [1.54, 1.807) is 0 Å². The van der Waals surface area contributed by atoms with Gasteiger partial charge >= 0.3 is 23.9 Å². The maximum absolute atomic E-state index is 14.7. The highest BCUT2D eigenvalue weighted by Crippen LogP contribution is 2.59. The molecular weight excluding hydrogens is 469 g/mol. The highest BCUT2D eigenvalue weighted by molar-refractivity contribution is 6.67. The van der Waals surface area contributed by atoms with Crippen LogP contribution in [0.25, 0.3) is 0 Å². The van der Waals surface area contributed by atoms with Gasteiger partial charge in [0.05, 0.1) is 5.02 Å². The van der Waals surface area contributed by atoms with Crippen LogP contribution in [-0.4, -0.2) is 22.1 Å². The van der Waals surface area contributed by atoms with E-state index in [0.717, 1.165) is 6.92 Å².